The van der Waals surface area contributed by atoms with Gasteiger partial charge in [0, 0.05) is 16.9 Å². The van der Waals surface area contributed by atoms with Crippen LogP contribution in [0.15, 0.2) is 8.42 Å². The smallest absolute Gasteiger partial charge is 0.264 e. The molecule has 23 heavy (non-hydrogen) atoms. The van der Waals surface area contributed by atoms with Crippen molar-refractivity contribution in [3.05, 3.63) is 3.14 Å². The minimum atomic E-state index is -4.69. The maximum Gasteiger partial charge on any atom is 0.397 e. The Hall–Kier alpha value is 0.710. The molecule has 0 aliphatic carbocycles. The van der Waals surface area contributed by atoms with Gasteiger partial charge in [0.1, 0.15) is 3.14 Å². The third kappa shape index (κ3) is 6.50. The molecule has 0 fully saturated rings. The molecule has 2 heterocycles. The molecule has 15 heteroatoms. The van der Waals surface area contributed by atoms with Crippen molar-refractivity contribution in [3.63, 3.8) is 0 Å². The Bertz CT molecular complexity index is 752. The van der Waals surface area contributed by atoms with Crippen molar-refractivity contribution < 1.29 is 34.3 Å². The summed E-state index contributed by atoms with van der Waals surface area (Å²) in [4.78, 5) is 0. The molecule has 0 bridgehead atoms. The van der Waals surface area contributed by atoms with E-state index in [1.807, 2.05) is 0 Å². The van der Waals surface area contributed by atoms with Crippen LogP contribution in [0.25, 0.3) is 0 Å². The highest BCUT2D eigenvalue weighted by molar-refractivity contribution is 8.06. The molecule has 1 aliphatic heterocycles. The first-order valence-corrected chi connectivity index (χ1v) is 12.4. The Labute approximate surface area is 154 Å². The summed E-state index contributed by atoms with van der Waals surface area (Å²) in [6.45, 7) is -0.969. The van der Waals surface area contributed by atoms with Crippen LogP contribution in [-0.4, -0.2) is 50.7 Å². The Morgan fingerprint density at radius 1 is 0.957 bits per heavy atom. The van der Waals surface area contributed by atoms with Crippen LogP contribution in [0.5, 0.6) is 0 Å². The number of hydrogen-bond acceptors (Lipinski definition) is 11. The summed E-state index contributed by atoms with van der Waals surface area (Å²) in [7, 11) is -9.37. The summed E-state index contributed by atoms with van der Waals surface area (Å²) < 4.78 is 72.3. The van der Waals surface area contributed by atoms with Gasteiger partial charge in [0.15, 0.2) is 0 Å². The minimum Gasteiger partial charge on any atom is -0.264 e. The van der Waals surface area contributed by atoms with Gasteiger partial charge in [-0.15, -0.1) is 46.2 Å². The highest BCUT2D eigenvalue weighted by Gasteiger charge is 2.38. The van der Waals surface area contributed by atoms with E-state index in [-0.39, 0.29) is 11.5 Å². The quantitative estimate of drug-likeness (QED) is 0.481. The van der Waals surface area contributed by atoms with Crippen molar-refractivity contribution in [1.29, 1.82) is 0 Å². The van der Waals surface area contributed by atoms with Crippen LogP contribution >= 0.6 is 58.4 Å². The minimum absolute atomic E-state index is 0.264. The van der Waals surface area contributed by atoms with E-state index in [9.17, 15) is 16.8 Å². The van der Waals surface area contributed by atoms with E-state index in [1.54, 1.807) is 0 Å². The lowest BCUT2D eigenvalue weighted by molar-refractivity contribution is 0.109. The second-order valence-electron chi connectivity index (χ2n) is 4.49. The molecule has 8 nitrogen and oxygen atoms in total. The van der Waals surface area contributed by atoms with E-state index in [1.165, 1.54) is 46.2 Å². The van der Waals surface area contributed by atoms with Crippen molar-refractivity contribution in [3.8, 4) is 0 Å². The molecule has 2 rings (SSSR count). The summed E-state index contributed by atoms with van der Waals surface area (Å²) in [5.74, 6) is 0.528. The zero-order valence-corrected chi connectivity index (χ0v) is 16.7. The molecule has 2 N–H and O–H groups in total. The van der Waals surface area contributed by atoms with Gasteiger partial charge >= 0.3 is 20.8 Å². The van der Waals surface area contributed by atoms with E-state index in [2.05, 4.69) is 8.37 Å². The number of rotatable bonds is 6. The first-order chi connectivity index (χ1) is 10.5. The molecule has 0 amide bonds. The number of hydrogen-bond donors (Lipinski definition) is 2. The maximum absolute atomic E-state index is 10.8. The van der Waals surface area contributed by atoms with Crippen LogP contribution in [0.2, 0.25) is 0 Å². The Kier molecular flexibility index (Phi) is 6.55. The molecule has 0 saturated heterocycles. The fourth-order valence-electron chi connectivity index (χ4n) is 1.52. The van der Waals surface area contributed by atoms with Gasteiger partial charge in [0.25, 0.3) is 0 Å². The van der Waals surface area contributed by atoms with Gasteiger partial charge in [-0.3, -0.25) is 9.11 Å². The molecule has 0 aromatic carbocycles. The molecule has 1 aromatic heterocycles. The van der Waals surface area contributed by atoms with E-state index < -0.39 is 39.4 Å². The summed E-state index contributed by atoms with van der Waals surface area (Å²) in [6, 6.07) is 0. The molecule has 0 spiro atoms. The van der Waals surface area contributed by atoms with Crippen molar-refractivity contribution in [1.82, 2.24) is 0 Å². The summed E-state index contributed by atoms with van der Waals surface area (Å²) in [5.41, 5.74) is -1.05. The molecule has 132 valence electrons. The van der Waals surface area contributed by atoms with Crippen LogP contribution in [0.1, 0.15) is 0 Å². The topological polar surface area (TPSA) is 127 Å². The second kappa shape index (κ2) is 7.53. The molecule has 0 radical (unpaired) electrons. The van der Waals surface area contributed by atoms with Crippen LogP contribution < -0.4 is 0 Å². The molecule has 0 unspecified atom stereocenters. The Morgan fingerprint density at radius 3 is 1.70 bits per heavy atom. The lowest BCUT2D eigenvalue weighted by Crippen LogP contribution is -2.38. The monoisotopic (exact) mass is 458 g/mol. The lowest BCUT2D eigenvalue weighted by atomic mass is 9.96. The van der Waals surface area contributed by atoms with E-state index in [0.717, 1.165) is 11.6 Å². The molecular weight excluding hydrogens is 449 g/mol. The molecule has 0 saturated carbocycles. The lowest BCUT2D eigenvalue weighted by Gasteiger charge is -2.29. The maximum atomic E-state index is 10.8. The number of fused-ring (bicyclic) bond motifs is 1. The SMILES string of the molecule is O=S(=O)(O)OCC1(COS(=O)(=O)O)CSc2sc(=S)sc2SC1. The van der Waals surface area contributed by atoms with Crippen LogP contribution in [0.4, 0.5) is 0 Å². The van der Waals surface area contributed by atoms with E-state index in [0.29, 0.717) is 0 Å². The first kappa shape index (κ1) is 20.0. The third-order valence-corrected chi connectivity index (χ3v) is 9.68. The van der Waals surface area contributed by atoms with Gasteiger partial charge in [0.2, 0.25) is 0 Å². The van der Waals surface area contributed by atoms with Gasteiger partial charge in [-0.1, -0.05) is 12.2 Å². The van der Waals surface area contributed by atoms with Crippen molar-refractivity contribution in [2.45, 2.75) is 8.42 Å². The van der Waals surface area contributed by atoms with Crippen LogP contribution in [0, 0.1) is 8.55 Å². The molecule has 1 aliphatic rings. The van der Waals surface area contributed by atoms with Gasteiger partial charge in [-0.25, -0.2) is 8.37 Å². The fraction of sp³-hybridized carbons (Fsp3) is 0.625. The predicted octanol–water partition coefficient (Wildman–Crippen LogP) is 2.36. The Balaban J connectivity index is 2.20. The predicted molar refractivity (Wildman–Crippen MR) is 91.9 cm³/mol. The standard InChI is InChI=1S/C8H10O8S7/c9-22(10,11)15-1-8(2-16-23(12,13)14)3-18-5-6(19-4-8)21-7(17)20-5/h1-4H2,(H,9,10,11)(H,12,13,14). The third-order valence-electron chi connectivity index (χ3n) is 2.57. The summed E-state index contributed by atoms with van der Waals surface area (Å²) >= 11 is 10.7. The highest BCUT2D eigenvalue weighted by Crippen LogP contribution is 2.48. The number of thioether (sulfide) groups is 2. The molecular formula is C8H10O8S7. The van der Waals surface area contributed by atoms with Crippen molar-refractivity contribution >= 4 is 79.2 Å². The largest absolute Gasteiger partial charge is 0.397 e. The zero-order chi connectivity index (χ0) is 17.3. The van der Waals surface area contributed by atoms with Gasteiger partial charge in [-0.2, -0.15) is 16.8 Å². The molecule has 0 atom stereocenters. The zero-order valence-electron chi connectivity index (χ0n) is 11.0. The van der Waals surface area contributed by atoms with Crippen LogP contribution in [0.3, 0.4) is 0 Å². The second-order valence-corrected chi connectivity index (χ2v) is 12.4. The first-order valence-electron chi connectivity index (χ1n) is 5.61. The summed E-state index contributed by atoms with van der Waals surface area (Å²) in [5, 5.41) is 0. The van der Waals surface area contributed by atoms with Crippen molar-refractivity contribution in [2.24, 2.45) is 5.41 Å². The average Bonchev–Trinajstić information content (AvgIpc) is 2.67. The van der Waals surface area contributed by atoms with E-state index >= 15 is 0 Å². The van der Waals surface area contributed by atoms with E-state index in [4.69, 9.17) is 21.3 Å². The summed E-state index contributed by atoms with van der Waals surface area (Å²) in [6.07, 6.45) is 0. The normalized spacial score (nSPS) is 18.3. The average molecular weight is 459 g/mol. The fourth-order valence-corrected chi connectivity index (χ4v) is 8.89. The highest BCUT2D eigenvalue weighted by atomic mass is 32.3. The van der Waals surface area contributed by atoms with Gasteiger partial charge in [-0.05, 0) is 0 Å². The molecule has 1 aromatic rings. The van der Waals surface area contributed by atoms with Crippen molar-refractivity contribution in [2.75, 3.05) is 24.7 Å². The van der Waals surface area contributed by atoms with Gasteiger partial charge in [0.05, 0.1) is 21.6 Å². The van der Waals surface area contributed by atoms with Crippen LogP contribution in [-0.2, 0) is 29.2 Å². The van der Waals surface area contributed by atoms with Gasteiger partial charge < -0.3 is 0 Å². The Morgan fingerprint density at radius 2 is 1.35 bits per heavy atom.